The zero-order valence-electron chi connectivity index (χ0n) is 14.9. The van der Waals surface area contributed by atoms with Crippen molar-refractivity contribution in [2.45, 2.75) is 6.92 Å². The molecule has 0 spiro atoms. The van der Waals surface area contributed by atoms with Crippen molar-refractivity contribution in [3.8, 4) is 5.75 Å². The Morgan fingerprint density at radius 2 is 1.89 bits per heavy atom. The van der Waals surface area contributed by atoms with Crippen molar-refractivity contribution in [2.24, 2.45) is 11.8 Å². The van der Waals surface area contributed by atoms with E-state index in [9.17, 15) is 9.90 Å². The smallest absolute Gasteiger partial charge is 0.255 e. The predicted octanol–water partition coefficient (Wildman–Crippen LogP) is 0.742. The average Bonchev–Trinajstić information content (AvgIpc) is 3.34. The van der Waals surface area contributed by atoms with Crippen LogP contribution in [0.25, 0.3) is 5.65 Å². The highest BCUT2D eigenvalue weighted by molar-refractivity contribution is 5.94. The lowest BCUT2D eigenvalue weighted by molar-refractivity contribution is 0.0781. The number of aryl methyl sites for hydroxylation is 1. The SMILES string of the molecule is Cc1nnc2ccc(N3CC4CN(C(=O)c5cncc(O)c5)CC4C3)nn12. The van der Waals surface area contributed by atoms with Crippen molar-refractivity contribution in [3.05, 3.63) is 42.0 Å². The van der Waals surface area contributed by atoms with Crippen LogP contribution in [0.1, 0.15) is 16.2 Å². The maximum Gasteiger partial charge on any atom is 0.255 e. The van der Waals surface area contributed by atoms with Gasteiger partial charge in [-0.05, 0) is 25.1 Å². The number of rotatable bonds is 2. The van der Waals surface area contributed by atoms with Gasteiger partial charge in [0.05, 0.1) is 11.8 Å². The molecule has 27 heavy (non-hydrogen) atoms. The fraction of sp³-hybridized carbons (Fsp3) is 0.389. The molecule has 0 aliphatic carbocycles. The molecule has 2 atom stereocenters. The van der Waals surface area contributed by atoms with Crippen molar-refractivity contribution >= 4 is 17.4 Å². The summed E-state index contributed by atoms with van der Waals surface area (Å²) in [4.78, 5) is 20.7. The Morgan fingerprint density at radius 1 is 1.11 bits per heavy atom. The topological polar surface area (TPSA) is 99.8 Å². The summed E-state index contributed by atoms with van der Waals surface area (Å²) >= 11 is 0. The molecular formula is C18H19N7O2. The molecule has 5 heterocycles. The third kappa shape index (κ3) is 2.66. The van der Waals surface area contributed by atoms with Crippen LogP contribution in [0.15, 0.2) is 30.6 Å². The van der Waals surface area contributed by atoms with Crippen LogP contribution in [0, 0.1) is 18.8 Å². The number of anilines is 1. The standard InChI is InChI=1S/C18H19N7O2/c1-11-20-21-16-2-3-17(22-25(11)16)23-7-13-9-24(10-14(13)8-23)18(27)12-4-15(26)6-19-5-12/h2-6,13-14,26H,7-10H2,1H3. The minimum Gasteiger partial charge on any atom is -0.506 e. The maximum atomic E-state index is 12.7. The number of pyridine rings is 1. The molecule has 1 amide bonds. The van der Waals surface area contributed by atoms with Crippen LogP contribution < -0.4 is 4.90 Å². The van der Waals surface area contributed by atoms with Crippen molar-refractivity contribution in [3.63, 3.8) is 0 Å². The second kappa shape index (κ2) is 5.90. The maximum absolute atomic E-state index is 12.7. The molecule has 2 aliphatic heterocycles. The summed E-state index contributed by atoms with van der Waals surface area (Å²) in [6.45, 7) is 5.04. The van der Waals surface area contributed by atoms with Crippen molar-refractivity contribution in [2.75, 3.05) is 31.1 Å². The summed E-state index contributed by atoms with van der Waals surface area (Å²) in [6, 6.07) is 5.38. The Kier molecular flexibility index (Phi) is 3.49. The van der Waals surface area contributed by atoms with Gasteiger partial charge in [-0.3, -0.25) is 9.78 Å². The number of fused-ring (bicyclic) bond motifs is 2. The number of aromatic nitrogens is 5. The van der Waals surface area contributed by atoms with Gasteiger partial charge in [-0.1, -0.05) is 0 Å². The van der Waals surface area contributed by atoms with Gasteiger partial charge in [0.25, 0.3) is 5.91 Å². The van der Waals surface area contributed by atoms with Gasteiger partial charge in [0.2, 0.25) is 0 Å². The molecule has 0 aromatic carbocycles. The fourth-order valence-electron chi connectivity index (χ4n) is 4.13. The van der Waals surface area contributed by atoms with Gasteiger partial charge in [0.15, 0.2) is 11.5 Å². The lowest BCUT2D eigenvalue weighted by atomic mass is 10.0. The third-order valence-corrected chi connectivity index (χ3v) is 5.47. The van der Waals surface area contributed by atoms with Gasteiger partial charge in [0, 0.05) is 44.2 Å². The van der Waals surface area contributed by atoms with E-state index in [0.29, 0.717) is 30.5 Å². The number of hydrogen-bond acceptors (Lipinski definition) is 7. The minimum atomic E-state index is -0.0704. The molecule has 3 aromatic heterocycles. The monoisotopic (exact) mass is 365 g/mol. The molecule has 2 aliphatic rings. The molecule has 2 unspecified atom stereocenters. The van der Waals surface area contributed by atoms with Crippen molar-refractivity contribution < 1.29 is 9.90 Å². The van der Waals surface area contributed by atoms with E-state index in [1.54, 1.807) is 4.52 Å². The molecule has 2 fully saturated rings. The number of carbonyl (C=O) groups is 1. The first-order valence-corrected chi connectivity index (χ1v) is 8.96. The van der Waals surface area contributed by atoms with Crippen LogP contribution >= 0.6 is 0 Å². The Hall–Kier alpha value is -3.23. The number of carbonyl (C=O) groups excluding carboxylic acids is 1. The first-order chi connectivity index (χ1) is 13.1. The fourth-order valence-corrected chi connectivity index (χ4v) is 4.13. The van der Waals surface area contributed by atoms with Crippen LogP contribution in [-0.2, 0) is 0 Å². The largest absolute Gasteiger partial charge is 0.506 e. The van der Waals surface area contributed by atoms with Gasteiger partial charge in [-0.2, -0.15) is 4.52 Å². The van der Waals surface area contributed by atoms with Crippen molar-refractivity contribution in [1.82, 2.24) is 29.7 Å². The van der Waals surface area contributed by atoms with E-state index in [2.05, 4.69) is 25.2 Å². The van der Waals surface area contributed by atoms with Gasteiger partial charge < -0.3 is 14.9 Å². The van der Waals surface area contributed by atoms with E-state index in [1.807, 2.05) is 24.0 Å². The van der Waals surface area contributed by atoms with E-state index in [1.165, 1.54) is 18.5 Å². The summed E-state index contributed by atoms with van der Waals surface area (Å²) < 4.78 is 1.76. The quantitative estimate of drug-likeness (QED) is 0.715. The van der Waals surface area contributed by atoms with Crippen molar-refractivity contribution in [1.29, 1.82) is 0 Å². The molecule has 0 saturated carbocycles. The molecule has 0 radical (unpaired) electrons. The van der Waals surface area contributed by atoms with Gasteiger partial charge in [-0.15, -0.1) is 15.3 Å². The second-order valence-electron chi connectivity index (χ2n) is 7.28. The normalized spacial score (nSPS) is 21.8. The van der Waals surface area contributed by atoms with Crippen LogP contribution in [0.2, 0.25) is 0 Å². The van der Waals surface area contributed by atoms with Gasteiger partial charge >= 0.3 is 0 Å². The van der Waals surface area contributed by atoms with E-state index in [4.69, 9.17) is 0 Å². The predicted molar refractivity (Wildman–Crippen MR) is 96.5 cm³/mol. The highest BCUT2D eigenvalue weighted by atomic mass is 16.3. The molecule has 2 saturated heterocycles. The molecule has 1 N–H and O–H groups in total. The minimum absolute atomic E-state index is 0.0113. The van der Waals surface area contributed by atoms with E-state index >= 15 is 0 Å². The Balaban J connectivity index is 1.30. The lowest BCUT2D eigenvalue weighted by Gasteiger charge is -2.22. The summed E-state index contributed by atoms with van der Waals surface area (Å²) in [5.41, 5.74) is 1.18. The number of nitrogens with zero attached hydrogens (tertiary/aromatic N) is 7. The summed E-state index contributed by atoms with van der Waals surface area (Å²) in [6.07, 6.45) is 2.83. The molecule has 9 heteroatoms. The van der Waals surface area contributed by atoms with Gasteiger partial charge in [-0.25, -0.2) is 0 Å². The van der Waals surface area contributed by atoms with Crippen LogP contribution in [-0.4, -0.2) is 66.9 Å². The summed E-state index contributed by atoms with van der Waals surface area (Å²) in [5, 5.41) is 22.3. The first kappa shape index (κ1) is 16.0. The zero-order valence-corrected chi connectivity index (χ0v) is 14.9. The van der Waals surface area contributed by atoms with Crippen LogP contribution in [0.3, 0.4) is 0 Å². The summed E-state index contributed by atoms with van der Waals surface area (Å²) in [7, 11) is 0. The first-order valence-electron chi connectivity index (χ1n) is 8.96. The van der Waals surface area contributed by atoms with Crippen LogP contribution in [0.5, 0.6) is 5.75 Å². The number of aromatic hydroxyl groups is 1. The second-order valence-corrected chi connectivity index (χ2v) is 7.28. The van der Waals surface area contributed by atoms with E-state index < -0.39 is 0 Å². The lowest BCUT2D eigenvalue weighted by Crippen LogP contribution is -2.33. The molecule has 9 nitrogen and oxygen atoms in total. The number of likely N-dealkylation sites (tertiary alicyclic amines) is 1. The molecule has 5 rings (SSSR count). The Morgan fingerprint density at radius 3 is 2.63 bits per heavy atom. The molecular weight excluding hydrogens is 346 g/mol. The molecule has 138 valence electrons. The average molecular weight is 365 g/mol. The highest BCUT2D eigenvalue weighted by Crippen LogP contribution is 2.34. The van der Waals surface area contributed by atoms with Gasteiger partial charge in [0.1, 0.15) is 11.6 Å². The Bertz CT molecular complexity index is 1020. The zero-order chi connectivity index (χ0) is 18.5. The number of amides is 1. The molecule has 0 bridgehead atoms. The number of hydrogen-bond donors (Lipinski definition) is 1. The summed E-state index contributed by atoms with van der Waals surface area (Å²) in [5.74, 6) is 2.45. The third-order valence-electron chi connectivity index (χ3n) is 5.47. The highest BCUT2D eigenvalue weighted by Gasteiger charge is 2.42. The van der Waals surface area contributed by atoms with Crippen LogP contribution in [0.4, 0.5) is 5.82 Å². The Labute approximate surface area is 155 Å². The van der Waals surface area contributed by atoms with E-state index in [0.717, 1.165) is 30.4 Å². The van der Waals surface area contributed by atoms with E-state index in [-0.39, 0.29) is 11.7 Å². The molecule has 3 aromatic rings.